The molecule has 8 nitrogen and oxygen atoms in total. The second-order valence-corrected chi connectivity index (χ2v) is 17.8. The average molecular weight is 771 g/mol. The molecule has 0 saturated carbocycles. The molecule has 0 rings (SSSR count). The van der Waals surface area contributed by atoms with E-state index in [0.29, 0.717) is 17.4 Å². The minimum atomic E-state index is -4.59. The Morgan fingerprint density at radius 2 is 1.06 bits per heavy atom. The molecule has 0 spiro atoms. The molecular formula is C44H87N2O6P. The predicted molar refractivity (Wildman–Crippen MR) is 224 cm³/mol. The van der Waals surface area contributed by atoms with E-state index in [9.17, 15) is 19.4 Å². The van der Waals surface area contributed by atoms with Gasteiger partial charge in [-0.2, -0.15) is 0 Å². The van der Waals surface area contributed by atoms with Gasteiger partial charge in [-0.15, -0.1) is 0 Å². The molecule has 1 unspecified atom stereocenters. The summed E-state index contributed by atoms with van der Waals surface area (Å²) in [5.41, 5.74) is 0. The molecule has 9 heteroatoms. The number of carbonyl (C=O) groups excluding carboxylic acids is 1. The fourth-order valence-corrected chi connectivity index (χ4v) is 7.07. The zero-order valence-corrected chi connectivity index (χ0v) is 36.4. The molecule has 2 N–H and O–H groups in total. The molecule has 1 amide bonds. The largest absolute Gasteiger partial charge is 0.756 e. The monoisotopic (exact) mass is 771 g/mol. The molecule has 0 heterocycles. The van der Waals surface area contributed by atoms with Crippen molar-refractivity contribution in [3.8, 4) is 0 Å². The van der Waals surface area contributed by atoms with Crippen molar-refractivity contribution in [2.24, 2.45) is 0 Å². The molecule has 0 aromatic heterocycles. The summed E-state index contributed by atoms with van der Waals surface area (Å²) < 4.78 is 23.2. The highest BCUT2D eigenvalue weighted by molar-refractivity contribution is 7.45. The lowest BCUT2D eigenvalue weighted by atomic mass is 10.0. The number of nitrogens with one attached hydrogen (secondary N) is 1. The summed E-state index contributed by atoms with van der Waals surface area (Å²) in [4.78, 5) is 25.3. The van der Waals surface area contributed by atoms with Crippen LogP contribution in [-0.4, -0.2) is 68.5 Å². The van der Waals surface area contributed by atoms with Gasteiger partial charge in [-0.05, 0) is 32.1 Å². The summed E-state index contributed by atoms with van der Waals surface area (Å²) in [6, 6.07) is -0.897. The van der Waals surface area contributed by atoms with E-state index in [1.165, 1.54) is 141 Å². The van der Waals surface area contributed by atoms with Gasteiger partial charge in [-0.3, -0.25) is 9.36 Å². The number of hydrogen-bond donors (Lipinski definition) is 2. The third kappa shape index (κ3) is 39.0. The molecule has 0 bridgehead atoms. The van der Waals surface area contributed by atoms with E-state index in [2.05, 4.69) is 31.3 Å². The number of aliphatic hydroxyl groups excluding tert-OH is 1. The molecule has 0 aromatic carbocycles. The average Bonchev–Trinajstić information content (AvgIpc) is 3.10. The highest BCUT2D eigenvalue weighted by atomic mass is 31.2. The Bertz CT molecular complexity index is 922. The number of likely N-dealkylation sites (N-methyl/N-ethyl adjacent to an activating group) is 1. The van der Waals surface area contributed by atoms with Gasteiger partial charge in [0.2, 0.25) is 5.91 Å². The highest BCUT2D eigenvalue weighted by Gasteiger charge is 2.23. The van der Waals surface area contributed by atoms with Gasteiger partial charge >= 0.3 is 0 Å². The number of aliphatic hydroxyl groups is 1. The quantitative estimate of drug-likeness (QED) is 0.0278. The van der Waals surface area contributed by atoms with E-state index in [1.807, 2.05) is 27.2 Å². The number of hydrogen-bond acceptors (Lipinski definition) is 6. The maximum atomic E-state index is 12.8. The van der Waals surface area contributed by atoms with Crippen molar-refractivity contribution in [3.05, 3.63) is 24.3 Å². The van der Waals surface area contributed by atoms with Gasteiger partial charge in [0.1, 0.15) is 13.2 Å². The van der Waals surface area contributed by atoms with Crippen molar-refractivity contribution < 1.29 is 32.9 Å². The van der Waals surface area contributed by atoms with Crippen molar-refractivity contribution in [2.45, 2.75) is 212 Å². The first-order valence-corrected chi connectivity index (χ1v) is 23.7. The Balaban J connectivity index is 4.47. The molecule has 0 aromatic rings. The number of amides is 1. The number of rotatable bonds is 40. The van der Waals surface area contributed by atoms with Gasteiger partial charge in [0.25, 0.3) is 7.82 Å². The van der Waals surface area contributed by atoms with E-state index in [0.717, 1.165) is 38.5 Å². The lowest BCUT2D eigenvalue weighted by Gasteiger charge is -2.29. The van der Waals surface area contributed by atoms with Crippen LogP contribution in [0.15, 0.2) is 24.3 Å². The van der Waals surface area contributed by atoms with Crippen molar-refractivity contribution in [3.63, 3.8) is 0 Å². The number of unbranched alkanes of at least 4 members (excludes halogenated alkanes) is 25. The molecule has 0 aliphatic rings. The Kier molecular flexibility index (Phi) is 35.9. The van der Waals surface area contributed by atoms with E-state index >= 15 is 0 Å². The van der Waals surface area contributed by atoms with Crippen LogP contribution in [0.5, 0.6) is 0 Å². The Labute approximate surface area is 328 Å². The minimum Gasteiger partial charge on any atom is -0.756 e. The molecule has 53 heavy (non-hydrogen) atoms. The predicted octanol–water partition coefficient (Wildman–Crippen LogP) is 11.5. The van der Waals surface area contributed by atoms with Crippen LogP contribution in [0, 0.1) is 0 Å². The zero-order valence-electron chi connectivity index (χ0n) is 35.5. The van der Waals surface area contributed by atoms with Gasteiger partial charge in [-0.25, -0.2) is 0 Å². The number of quaternary nitrogens is 1. The highest BCUT2D eigenvalue weighted by Crippen LogP contribution is 2.38. The second-order valence-electron chi connectivity index (χ2n) is 16.4. The van der Waals surface area contributed by atoms with Gasteiger partial charge in [0.15, 0.2) is 0 Å². The summed E-state index contributed by atoms with van der Waals surface area (Å²) in [6.45, 7) is 4.63. The molecular weight excluding hydrogens is 683 g/mol. The van der Waals surface area contributed by atoms with Crippen molar-refractivity contribution in [1.82, 2.24) is 5.32 Å². The van der Waals surface area contributed by atoms with Gasteiger partial charge in [-0.1, -0.05) is 186 Å². The summed E-state index contributed by atoms with van der Waals surface area (Å²) >= 11 is 0. The SMILES string of the molecule is CCCCCCCCCCCCC/C=C/CC/C=C/[C@@H](O)[C@H](COP(=O)([O-])OCC[N+](C)(C)C)NC(=O)CCCCCCCCCCCCCCCC. The molecule has 0 aliphatic carbocycles. The first kappa shape index (κ1) is 52.0. The first-order valence-electron chi connectivity index (χ1n) is 22.2. The summed E-state index contributed by atoms with van der Waals surface area (Å²) in [7, 11) is 1.25. The molecule has 314 valence electrons. The third-order valence-corrected chi connectivity index (χ3v) is 10.9. The number of allylic oxidation sites excluding steroid dienone is 3. The number of phosphoric acid groups is 1. The van der Waals surface area contributed by atoms with Gasteiger partial charge in [0.05, 0.1) is 39.9 Å². The fraction of sp³-hybridized carbons (Fsp3) is 0.886. The smallest absolute Gasteiger partial charge is 0.268 e. The van der Waals surface area contributed by atoms with Crippen molar-refractivity contribution in [1.29, 1.82) is 0 Å². The van der Waals surface area contributed by atoms with Crippen LogP contribution in [0.2, 0.25) is 0 Å². The van der Waals surface area contributed by atoms with Crippen LogP contribution in [0.1, 0.15) is 200 Å². The maximum absolute atomic E-state index is 12.8. The number of carbonyl (C=O) groups is 1. The molecule has 0 aliphatic heterocycles. The summed E-state index contributed by atoms with van der Waals surface area (Å²) in [5.74, 6) is -0.206. The molecule has 0 fully saturated rings. The number of nitrogens with zero attached hydrogens (tertiary/aromatic N) is 1. The van der Waals surface area contributed by atoms with Crippen molar-refractivity contribution in [2.75, 3.05) is 40.9 Å². The fourth-order valence-electron chi connectivity index (χ4n) is 6.34. The number of phosphoric ester groups is 1. The second kappa shape index (κ2) is 36.6. The van der Waals surface area contributed by atoms with Crippen LogP contribution in [0.25, 0.3) is 0 Å². The Morgan fingerprint density at radius 1 is 0.642 bits per heavy atom. The molecule has 3 atom stereocenters. The Hall–Kier alpha value is -1.02. The van der Waals surface area contributed by atoms with Crippen LogP contribution in [0.4, 0.5) is 0 Å². The molecule has 0 saturated heterocycles. The normalized spacial score (nSPS) is 14.6. The van der Waals surface area contributed by atoms with Gasteiger partial charge in [0, 0.05) is 6.42 Å². The van der Waals surface area contributed by atoms with Crippen molar-refractivity contribution >= 4 is 13.7 Å². The van der Waals surface area contributed by atoms with E-state index < -0.39 is 20.0 Å². The standard InChI is InChI=1S/C44H87N2O6P/c1-6-8-10-12-14-16-18-20-22-23-24-25-27-29-31-33-35-37-43(47)42(41-52-53(49,50)51-40-39-46(3,4)5)45-44(48)38-36-34-32-30-28-26-21-19-17-15-13-11-9-7-2/h27,29,35,37,42-43,47H,6-26,28,30-34,36,38-41H2,1-5H3,(H-,45,48,49,50)/b29-27+,37-35+/t42-,43+/m0/s1. The van der Waals surface area contributed by atoms with Crippen LogP contribution in [-0.2, 0) is 18.4 Å². The first-order chi connectivity index (χ1) is 25.5. The van der Waals surface area contributed by atoms with Gasteiger partial charge < -0.3 is 28.8 Å². The van der Waals surface area contributed by atoms with Crippen LogP contribution < -0.4 is 10.2 Å². The lowest BCUT2D eigenvalue weighted by molar-refractivity contribution is -0.870. The van der Waals surface area contributed by atoms with Crippen LogP contribution >= 0.6 is 7.82 Å². The lowest BCUT2D eigenvalue weighted by Crippen LogP contribution is -2.45. The van der Waals surface area contributed by atoms with E-state index in [4.69, 9.17) is 9.05 Å². The summed E-state index contributed by atoms with van der Waals surface area (Å²) in [6.07, 6.45) is 42.2. The van der Waals surface area contributed by atoms with E-state index in [-0.39, 0.29) is 19.1 Å². The summed E-state index contributed by atoms with van der Waals surface area (Å²) in [5, 5.41) is 13.7. The van der Waals surface area contributed by atoms with E-state index in [1.54, 1.807) is 6.08 Å². The minimum absolute atomic E-state index is 0.00431. The Morgan fingerprint density at radius 3 is 1.53 bits per heavy atom. The maximum Gasteiger partial charge on any atom is 0.268 e. The third-order valence-electron chi connectivity index (χ3n) is 9.91. The zero-order chi connectivity index (χ0) is 39.3. The molecule has 0 radical (unpaired) electrons. The van der Waals surface area contributed by atoms with Crippen LogP contribution in [0.3, 0.4) is 0 Å². The topological polar surface area (TPSA) is 108 Å².